The smallest absolute Gasteiger partial charge is 0.409 e. The lowest BCUT2D eigenvalue weighted by atomic mass is 10.0. The molecule has 0 spiro atoms. The summed E-state index contributed by atoms with van der Waals surface area (Å²) < 4.78 is 10.3. The van der Waals surface area contributed by atoms with Crippen LogP contribution in [-0.2, 0) is 9.53 Å². The van der Waals surface area contributed by atoms with Crippen molar-refractivity contribution in [3.63, 3.8) is 0 Å². The second kappa shape index (κ2) is 10.5. The molecule has 7 nitrogen and oxygen atoms in total. The monoisotopic (exact) mass is 376 g/mol. The summed E-state index contributed by atoms with van der Waals surface area (Å²) >= 11 is 0. The molecule has 148 valence electrons. The Balaban J connectivity index is 1.70. The molecule has 1 heterocycles. The van der Waals surface area contributed by atoms with Crippen molar-refractivity contribution in [2.24, 2.45) is 0 Å². The fourth-order valence-electron chi connectivity index (χ4n) is 3.00. The van der Waals surface area contributed by atoms with Crippen LogP contribution in [0.2, 0.25) is 0 Å². The van der Waals surface area contributed by atoms with Crippen molar-refractivity contribution >= 4 is 17.8 Å². The van der Waals surface area contributed by atoms with E-state index < -0.39 is 0 Å². The summed E-state index contributed by atoms with van der Waals surface area (Å²) in [4.78, 5) is 37.6. The Hall–Kier alpha value is -2.57. The van der Waals surface area contributed by atoms with Gasteiger partial charge in [-0.25, -0.2) is 4.79 Å². The van der Waals surface area contributed by atoms with Gasteiger partial charge in [-0.1, -0.05) is 0 Å². The van der Waals surface area contributed by atoms with E-state index >= 15 is 0 Å². The molecule has 1 aliphatic heterocycles. The molecule has 1 N–H and O–H groups in total. The van der Waals surface area contributed by atoms with Gasteiger partial charge in [0.2, 0.25) is 5.91 Å². The highest BCUT2D eigenvalue weighted by molar-refractivity contribution is 5.98. The molecule has 7 heteroatoms. The van der Waals surface area contributed by atoms with Crippen LogP contribution in [0.25, 0.3) is 0 Å². The molecular formula is C20H28N2O5. The molecular weight excluding hydrogens is 348 g/mol. The van der Waals surface area contributed by atoms with Crippen LogP contribution in [0.5, 0.6) is 5.75 Å². The maximum Gasteiger partial charge on any atom is 0.409 e. The van der Waals surface area contributed by atoms with Gasteiger partial charge in [-0.3, -0.25) is 9.59 Å². The lowest BCUT2D eigenvalue weighted by Gasteiger charge is -2.31. The lowest BCUT2D eigenvalue weighted by molar-refractivity contribution is -0.122. The summed E-state index contributed by atoms with van der Waals surface area (Å²) in [6, 6.07) is 6.98. The van der Waals surface area contributed by atoms with E-state index in [0.717, 1.165) is 5.75 Å². The van der Waals surface area contributed by atoms with E-state index in [9.17, 15) is 14.4 Å². The number of ether oxygens (including phenoxy) is 2. The minimum atomic E-state index is -0.303. The van der Waals surface area contributed by atoms with Crippen molar-refractivity contribution in [2.45, 2.75) is 45.6 Å². The highest BCUT2D eigenvalue weighted by Gasteiger charge is 2.24. The summed E-state index contributed by atoms with van der Waals surface area (Å²) in [5, 5.41) is 2.95. The van der Waals surface area contributed by atoms with Gasteiger partial charge >= 0.3 is 6.09 Å². The third-order valence-corrected chi connectivity index (χ3v) is 4.45. The minimum Gasteiger partial charge on any atom is -0.494 e. The van der Waals surface area contributed by atoms with Crippen LogP contribution in [0.3, 0.4) is 0 Å². The average Bonchev–Trinajstić information content (AvgIpc) is 2.68. The Labute approximate surface area is 160 Å². The summed E-state index contributed by atoms with van der Waals surface area (Å²) in [5.74, 6) is 0.523. The van der Waals surface area contributed by atoms with E-state index in [-0.39, 0.29) is 36.7 Å². The SMILES string of the molecule is CCOC(=O)N1CCC(NC(=O)CCC(=O)c2ccc(OCC)cc2)CC1. The molecule has 2 amide bonds. The van der Waals surface area contributed by atoms with Crippen molar-refractivity contribution in [3.8, 4) is 5.75 Å². The van der Waals surface area contributed by atoms with E-state index in [1.54, 1.807) is 36.1 Å². The number of piperidine rings is 1. The van der Waals surface area contributed by atoms with Gasteiger partial charge in [0.05, 0.1) is 13.2 Å². The summed E-state index contributed by atoms with van der Waals surface area (Å²) in [6.07, 6.45) is 1.41. The van der Waals surface area contributed by atoms with Crippen molar-refractivity contribution in [1.82, 2.24) is 10.2 Å². The van der Waals surface area contributed by atoms with Gasteiger partial charge in [-0.2, -0.15) is 0 Å². The van der Waals surface area contributed by atoms with Gasteiger partial charge in [0, 0.05) is 37.5 Å². The van der Waals surface area contributed by atoms with E-state index in [4.69, 9.17) is 9.47 Å². The van der Waals surface area contributed by atoms with E-state index in [1.165, 1.54) is 0 Å². The molecule has 0 saturated carbocycles. The predicted octanol–water partition coefficient (Wildman–Crippen LogP) is 2.79. The highest BCUT2D eigenvalue weighted by Crippen LogP contribution is 2.15. The molecule has 1 aromatic rings. The normalized spacial score (nSPS) is 14.5. The topological polar surface area (TPSA) is 84.9 Å². The van der Waals surface area contributed by atoms with Crippen molar-refractivity contribution in [3.05, 3.63) is 29.8 Å². The Morgan fingerprint density at radius 1 is 1.04 bits per heavy atom. The van der Waals surface area contributed by atoms with Crippen LogP contribution in [0, 0.1) is 0 Å². The zero-order chi connectivity index (χ0) is 19.6. The van der Waals surface area contributed by atoms with Crippen LogP contribution in [0.4, 0.5) is 4.79 Å². The molecule has 0 atom stereocenters. The predicted molar refractivity (Wildman–Crippen MR) is 101 cm³/mol. The Kier molecular flexibility index (Phi) is 8.10. The first-order valence-electron chi connectivity index (χ1n) is 9.50. The second-order valence-electron chi connectivity index (χ2n) is 6.41. The average molecular weight is 376 g/mol. The summed E-state index contributed by atoms with van der Waals surface area (Å²) in [7, 11) is 0. The molecule has 1 aromatic carbocycles. The minimum absolute atomic E-state index is 0.0313. The van der Waals surface area contributed by atoms with Crippen LogP contribution >= 0.6 is 0 Å². The number of rotatable bonds is 8. The first-order valence-corrected chi connectivity index (χ1v) is 9.50. The van der Waals surface area contributed by atoms with Crippen LogP contribution in [-0.4, -0.2) is 55.0 Å². The van der Waals surface area contributed by atoms with Gasteiger partial charge < -0.3 is 19.7 Å². The third kappa shape index (κ3) is 6.58. The zero-order valence-corrected chi connectivity index (χ0v) is 16.0. The summed E-state index contributed by atoms with van der Waals surface area (Å²) in [5.41, 5.74) is 0.578. The Bertz CT molecular complexity index is 636. The number of amides is 2. The van der Waals surface area contributed by atoms with Crippen molar-refractivity contribution in [2.75, 3.05) is 26.3 Å². The fraction of sp³-hybridized carbons (Fsp3) is 0.550. The van der Waals surface area contributed by atoms with Crippen LogP contribution < -0.4 is 10.1 Å². The molecule has 0 unspecified atom stereocenters. The molecule has 1 saturated heterocycles. The number of hydrogen-bond acceptors (Lipinski definition) is 5. The van der Waals surface area contributed by atoms with E-state index in [1.807, 2.05) is 6.92 Å². The molecule has 0 aromatic heterocycles. The van der Waals surface area contributed by atoms with Gasteiger partial charge in [0.25, 0.3) is 0 Å². The third-order valence-electron chi connectivity index (χ3n) is 4.45. The van der Waals surface area contributed by atoms with Gasteiger partial charge in [-0.05, 0) is 51.0 Å². The number of carbonyl (C=O) groups excluding carboxylic acids is 3. The Morgan fingerprint density at radius 2 is 1.70 bits per heavy atom. The quantitative estimate of drug-likeness (QED) is 0.705. The number of nitrogens with one attached hydrogen (secondary N) is 1. The number of ketones is 1. The molecule has 2 rings (SSSR count). The molecule has 0 bridgehead atoms. The standard InChI is InChI=1S/C20H28N2O5/c1-3-26-17-7-5-15(6-8-17)18(23)9-10-19(24)21-16-11-13-22(14-12-16)20(25)27-4-2/h5-8,16H,3-4,9-14H2,1-2H3,(H,21,24). The number of likely N-dealkylation sites (tertiary alicyclic amines) is 1. The zero-order valence-electron chi connectivity index (χ0n) is 16.0. The maximum absolute atomic E-state index is 12.2. The summed E-state index contributed by atoms with van der Waals surface area (Å²) in [6.45, 7) is 5.74. The lowest BCUT2D eigenvalue weighted by Crippen LogP contribution is -2.46. The van der Waals surface area contributed by atoms with Crippen LogP contribution in [0.1, 0.15) is 49.9 Å². The molecule has 1 fully saturated rings. The number of hydrogen-bond donors (Lipinski definition) is 1. The highest BCUT2D eigenvalue weighted by atomic mass is 16.6. The number of Topliss-reactive ketones (excluding diaryl/α,β-unsaturated/α-hetero) is 1. The first-order chi connectivity index (χ1) is 13.0. The van der Waals surface area contributed by atoms with Gasteiger partial charge in [0.15, 0.2) is 5.78 Å². The van der Waals surface area contributed by atoms with Crippen molar-refractivity contribution in [1.29, 1.82) is 0 Å². The van der Waals surface area contributed by atoms with E-state index in [0.29, 0.717) is 44.7 Å². The van der Waals surface area contributed by atoms with Crippen LogP contribution in [0.15, 0.2) is 24.3 Å². The largest absolute Gasteiger partial charge is 0.494 e. The Morgan fingerprint density at radius 3 is 2.30 bits per heavy atom. The number of benzene rings is 1. The molecule has 1 aliphatic rings. The van der Waals surface area contributed by atoms with Gasteiger partial charge in [-0.15, -0.1) is 0 Å². The van der Waals surface area contributed by atoms with E-state index in [2.05, 4.69) is 5.32 Å². The number of nitrogens with zero attached hydrogens (tertiary/aromatic N) is 1. The van der Waals surface area contributed by atoms with Gasteiger partial charge in [0.1, 0.15) is 5.75 Å². The van der Waals surface area contributed by atoms with Crippen molar-refractivity contribution < 1.29 is 23.9 Å². The molecule has 27 heavy (non-hydrogen) atoms. The maximum atomic E-state index is 12.2. The second-order valence-corrected chi connectivity index (χ2v) is 6.41. The molecule has 0 aliphatic carbocycles. The fourth-order valence-corrected chi connectivity index (χ4v) is 3.00. The first kappa shape index (κ1) is 20.7. The molecule has 0 radical (unpaired) electrons. The number of carbonyl (C=O) groups is 3.